The third-order valence-electron chi connectivity index (χ3n) is 0.986. The summed E-state index contributed by atoms with van der Waals surface area (Å²) in [5.41, 5.74) is 4.61. The Balaban J connectivity index is 3.97. The number of rotatable bonds is 3. The second-order valence-corrected chi connectivity index (χ2v) is 4.10. The lowest BCUT2D eigenvalue weighted by Crippen LogP contribution is -2.46. The highest BCUT2D eigenvalue weighted by Crippen LogP contribution is 2.17. The van der Waals surface area contributed by atoms with Crippen LogP contribution in [0.3, 0.4) is 0 Å². The normalized spacial score (nSPS) is 16.1. The first-order valence-electron chi connectivity index (χ1n) is 2.90. The molecule has 0 aliphatic carbocycles. The van der Waals surface area contributed by atoms with Crippen LogP contribution in [0.15, 0.2) is 0 Å². The summed E-state index contributed by atoms with van der Waals surface area (Å²) in [5, 5.41) is 0. The first kappa shape index (κ1) is 11.7. The predicted molar refractivity (Wildman–Crippen MR) is 36.9 cm³/mol. The SMILES string of the molecule is CS(=O)(=O)NCC(N)C(F)(F)F. The van der Waals surface area contributed by atoms with Crippen LogP contribution < -0.4 is 10.5 Å². The Bertz CT molecular complexity index is 235. The van der Waals surface area contributed by atoms with E-state index >= 15 is 0 Å². The average Bonchev–Trinajstić information content (AvgIpc) is 1.78. The van der Waals surface area contributed by atoms with E-state index in [1.165, 1.54) is 0 Å². The maximum Gasteiger partial charge on any atom is 0.404 e. The third-order valence-corrected chi connectivity index (χ3v) is 1.68. The van der Waals surface area contributed by atoms with E-state index in [1.54, 1.807) is 4.72 Å². The van der Waals surface area contributed by atoms with Crippen LogP contribution in [0.2, 0.25) is 0 Å². The minimum Gasteiger partial charge on any atom is -0.319 e. The fraction of sp³-hybridized carbons (Fsp3) is 1.00. The van der Waals surface area contributed by atoms with Gasteiger partial charge in [-0.3, -0.25) is 0 Å². The molecule has 0 aromatic carbocycles. The van der Waals surface area contributed by atoms with Gasteiger partial charge in [0.15, 0.2) is 0 Å². The van der Waals surface area contributed by atoms with E-state index in [1.807, 2.05) is 0 Å². The van der Waals surface area contributed by atoms with Crippen LogP contribution in [0.1, 0.15) is 0 Å². The summed E-state index contributed by atoms with van der Waals surface area (Å²) in [6.45, 7) is -0.831. The summed E-state index contributed by atoms with van der Waals surface area (Å²) in [4.78, 5) is 0. The van der Waals surface area contributed by atoms with Gasteiger partial charge in [-0.1, -0.05) is 0 Å². The molecule has 0 rings (SSSR count). The number of hydrogen-bond donors (Lipinski definition) is 2. The van der Waals surface area contributed by atoms with E-state index in [0.29, 0.717) is 0 Å². The highest BCUT2D eigenvalue weighted by Gasteiger charge is 2.36. The summed E-state index contributed by atoms with van der Waals surface area (Å²) in [6, 6.07) is -2.16. The van der Waals surface area contributed by atoms with E-state index in [0.717, 1.165) is 6.26 Å². The lowest BCUT2D eigenvalue weighted by Gasteiger charge is -2.14. The zero-order valence-corrected chi connectivity index (χ0v) is 7.04. The molecule has 0 amide bonds. The fourth-order valence-corrected chi connectivity index (χ4v) is 0.839. The number of alkyl halides is 3. The molecular weight excluding hydrogens is 197 g/mol. The van der Waals surface area contributed by atoms with Gasteiger partial charge in [0, 0.05) is 6.54 Å². The van der Waals surface area contributed by atoms with Crippen LogP contribution in [0.4, 0.5) is 13.2 Å². The van der Waals surface area contributed by atoms with Crippen LogP contribution in [0.5, 0.6) is 0 Å². The topological polar surface area (TPSA) is 72.2 Å². The quantitative estimate of drug-likeness (QED) is 0.649. The molecule has 74 valence electrons. The summed E-state index contributed by atoms with van der Waals surface area (Å²) >= 11 is 0. The standard InChI is InChI=1S/C4H9F3N2O2S/c1-12(10,11)9-2-3(8)4(5,6)7/h3,9H,2,8H2,1H3. The molecule has 0 aromatic rings. The number of nitrogens with one attached hydrogen (secondary N) is 1. The zero-order valence-electron chi connectivity index (χ0n) is 6.22. The maximum absolute atomic E-state index is 11.7. The van der Waals surface area contributed by atoms with Gasteiger partial charge in [0.2, 0.25) is 10.0 Å². The number of hydrogen-bond acceptors (Lipinski definition) is 3. The molecule has 12 heavy (non-hydrogen) atoms. The summed E-state index contributed by atoms with van der Waals surface area (Å²) in [5.74, 6) is 0. The Labute approximate surface area is 68.0 Å². The molecule has 0 heterocycles. The predicted octanol–water partition coefficient (Wildman–Crippen LogP) is -0.575. The van der Waals surface area contributed by atoms with Crippen LogP contribution in [0.25, 0.3) is 0 Å². The lowest BCUT2D eigenvalue weighted by atomic mass is 10.3. The maximum atomic E-state index is 11.7. The second-order valence-electron chi connectivity index (χ2n) is 2.27. The Hall–Kier alpha value is -0.340. The van der Waals surface area contributed by atoms with Crippen LogP contribution >= 0.6 is 0 Å². The van der Waals surface area contributed by atoms with Crippen molar-refractivity contribution in [3.63, 3.8) is 0 Å². The number of halogens is 3. The Kier molecular flexibility index (Phi) is 3.48. The van der Waals surface area contributed by atoms with E-state index in [9.17, 15) is 21.6 Å². The summed E-state index contributed by atoms with van der Waals surface area (Å²) < 4.78 is 57.3. The minimum atomic E-state index is -4.57. The average molecular weight is 206 g/mol. The fourth-order valence-electron chi connectivity index (χ4n) is 0.357. The molecule has 4 nitrogen and oxygen atoms in total. The monoisotopic (exact) mass is 206 g/mol. The summed E-state index contributed by atoms with van der Waals surface area (Å²) in [7, 11) is -3.61. The van der Waals surface area contributed by atoms with Crippen molar-refractivity contribution in [2.45, 2.75) is 12.2 Å². The van der Waals surface area contributed by atoms with Gasteiger partial charge in [0.25, 0.3) is 0 Å². The molecule has 0 aliphatic heterocycles. The van der Waals surface area contributed by atoms with E-state index in [4.69, 9.17) is 0 Å². The first-order chi connectivity index (χ1) is 5.13. The van der Waals surface area contributed by atoms with E-state index < -0.39 is 28.8 Å². The summed E-state index contributed by atoms with van der Waals surface area (Å²) in [6.07, 6.45) is -3.81. The third kappa shape index (κ3) is 5.33. The molecule has 8 heteroatoms. The molecule has 1 atom stereocenters. The van der Waals surface area contributed by atoms with Crippen molar-refractivity contribution in [1.82, 2.24) is 4.72 Å². The van der Waals surface area contributed by atoms with Gasteiger partial charge in [0.1, 0.15) is 6.04 Å². The van der Waals surface area contributed by atoms with Gasteiger partial charge >= 0.3 is 6.18 Å². The van der Waals surface area contributed by atoms with Gasteiger partial charge in [-0.15, -0.1) is 0 Å². The molecule has 0 aromatic heterocycles. The highest BCUT2D eigenvalue weighted by atomic mass is 32.2. The molecule has 0 spiro atoms. The van der Waals surface area contributed by atoms with Crippen molar-refractivity contribution in [2.75, 3.05) is 12.8 Å². The van der Waals surface area contributed by atoms with E-state index in [-0.39, 0.29) is 0 Å². The van der Waals surface area contributed by atoms with Crippen molar-refractivity contribution >= 4 is 10.0 Å². The second kappa shape index (κ2) is 3.58. The van der Waals surface area contributed by atoms with E-state index in [2.05, 4.69) is 5.73 Å². The molecule has 0 fully saturated rings. The van der Waals surface area contributed by atoms with Crippen LogP contribution in [-0.2, 0) is 10.0 Å². The van der Waals surface area contributed by atoms with Crippen molar-refractivity contribution in [2.24, 2.45) is 5.73 Å². The molecular formula is C4H9F3N2O2S. The molecule has 0 bridgehead atoms. The minimum absolute atomic E-state index is 0.760. The molecule has 0 saturated carbocycles. The molecule has 0 radical (unpaired) electrons. The van der Waals surface area contributed by atoms with Crippen LogP contribution in [-0.4, -0.2) is 33.4 Å². The Morgan fingerprint density at radius 2 is 1.92 bits per heavy atom. The molecule has 3 N–H and O–H groups in total. The van der Waals surface area contributed by atoms with Crippen molar-refractivity contribution < 1.29 is 21.6 Å². The number of sulfonamides is 1. The van der Waals surface area contributed by atoms with Crippen molar-refractivity contribution in [3.05, 3.63) is 0 Å². The lowest BCUT2D eigenvalue weighted by molar-refractivity contribution is -0.145. The smallest absolute Gasteiger partial charge is 0.319 e. The molecule has 1 unspecified atom stereocenters. The molecule has 0 saturated heterocycles. The molecule has 0 aliphatic rings. The zero-order chi connectivity index (χ0) is 9.99. The van der Waals surface area contributed by atoms with Gasteiger partial charge in [-0.25, -0.2) is 13.1 Å². The van der Waals surface area contributed by atoms with Gasteiger partial charge in [0.05, 0.1) is 6.26 Å². The van der Waals surface area contributed by atoms with Crippen molar-refractivity contribution in [1.29, 1.82) is 0 Å². The van der Waals surface area contributed by atoms with Gasteiger partial charge in [-0.2, -0.15) is 13.2 Å². The van der Waals surface area contributed by atoms with Gasteiger partial charge < -0.3 is 5.73 Å². The Morgan fingerprint density at radius 1 is 1.50 bits per heavy atom. The van der Waals surface area contributed by atoms with Crippen LogP contribution in [0, 0.1) is 0 Å². The number of nitrogens with two attached hydrogens (primary N) is 1. The largest absolute Gasteiger partial charge is 0.404 e. The highest BCUT2D eigenvalue weighted by molar-refractivity contribution is 7.88. The van der Waals surface area contributed by atoms with Crippen molar-refractivity contribution in [3.8, 4) is 0 Å². The first-order valence-corrected chi connectivity index (χ1v) is 4.79. The Morgan fingerprint density at radius 3 is 2.17 bits per heavy atom. The van der Waals surface area contributed by atoms with Gasteiger partial charge in [-0.05, 0) is 0 Å².